The van der Waals surface area contributed by atoms with Gasteiger partial charge in [-0.05, 0) is 25.0 Å². The van der Waals surface area contributed by atoms with E-state index in [4.69, 9.17) is 33.7 Å². The number of halogens is 2. The number of nitrogen functional groups attached to an aromatic ring is 1. The SMILES string of the molecule is Nc1cc(Cl)c(Cl)c(C(=O)NCCOC2CCCC2)c1. The smallest absolute Gasteiger partial charge is 0.253 e. The molecule has 4 nitrogen and oxygen atoms in total. The van der Waals surface area contributed by atoms with Crippen molar-refractivity contribution in [2.75, 3.05) is 18.9 Å². The first kappa shape index (κ1) is 15.4. The van der Waals surface area contributed by atoms with Crippen LogP contribution in [-0.4, -0.2) is 25.2 Å². The Morgan fingerprint density at radius 1 is 1.35 bits per heavy atom. The van der Waals surface area contributed by atoms with Crippen LogP contribution in [0.3, 0.4) is 0 Å². The van der Waals surface area contributed by atoms with Crippen LogP contribution >= 0.6 is 23.2 Å². The van der Waals surface area contributed by atoms with Crippen molar-refractivity contribution in [1.29, 1.82) is 0 Å². The van der Waals surface area contributed by atoms with Gasteiger partial charge >= 0.3 is 0 Å². The zero-order chi connectivity index (χ0) is 14.5. The molecule has 0 unspecified atom stereocenters. The average Bonchev–Trinajstić information content (AvgIpc) is 2.91. The topological polar surface area (TPSA) is 64.4 Å². The van der Waals surface area contributed by atoms with Crippen LogP contribution in [0.4, 0.5) is 5.69 Å². The number of hydrogen-bond donors (Lipinski definition) is 2. The fraction of sp³-hybridized carbons (Fsp3) is 0.500. The first-order valence-corrected chi connectivity index (χ1v) is 7.48. The number of carbonyl (C=O) groups is 1. The maximum atomic E-state index is 12.0. The van der Waals surface area contributed by atoms with Gasteiger partial charge in [-0.3, -0.25) is 4.79 Å². The molecule has 3 N–H and O–H groups in total. The van der Waals surface area contributed by atoms with Gasteiger partial charge < -0.3 is 15.8 Å². The van der Waals surface area contributed by atoms with Crippen LogP contribution in [0.5, 0.6) is 0 Å². The summed E-state index contributed by atoms with van der Waals surface area (Å²) in [6, 6.07) is 3.03. The maximum Gasteiger partial charge on any atom is 0.253 e. The number of rotatable bonds is 5. The van der Waals surface area contributed by atoms with Gasteiger partial charge in [-0.15, -0.1) is 0 Å². The van der Waals surface area contributed by atoms with Crippen LogP contribution < -0.4 is 11.1 Å². The summed E-state index contributed by atoms with van der Waals surface area (Å²) in [5.41, 5.74) is 6.35. The standard InChI is InChI=1S/C14H18Cl2N2O2/c15-12-8-9(17)7-11(13(12)16)14(19)18-5-6-20-10-3-1-2-4-10/h7-8,10H,1-6,17H2,(H,18,19). The lowest BCUT2D eigenvalue weighted by atomic mass is 10.2. The van der Waals surface area contributed by atoms with Crippen molar-refractivity contribution in [3.8, 4) is 0 Å². The van der Waals surface area contributed by atoms with Crippen molar-refractivity contribution in [2.45, 2.75) is 31.8 Å². The van der Waals surface area contributed by atoms with E-state index in [1.165, 1.54) is 25.0 Å². The minimum Gasteiger partial charge on any atom is -0.399 e. The van der Waals surface area contributed by atoms with E-state index in [-0.39, 0.29) is 21.5 Å². The molecule has 1 aromatic rings. The minimum atomic E-state index is -0.292. The molecule has 1 aliphatic carbocycles. The van der Waals surface area contributed by atoms with Gasteiger partial charge in [0.05, 0.1) is 28.3 Å². The molecule has 0 spiro atoms. The molecule has 0 saturated heterocycles. The van der Waals surface area contributed by atoms with Gasteiger partial charge in [0.1, 0.15) is 0 Å². The maximum absolute atomic E-state index is 12.0. The van der Waals surface area contributed by atoms with Gasteiger partial charge in [0.25, 0.3) is 5.91 Å². The van der Waals surface area contributed by atoms with Gasteiger partial charge in [0.15, 0.2) is 0 Å². The average molecular weight is 317 g/mol. The summed E-state index contributed by atoms with van der Waals surface area (Å²) in [7, 11) is 0. The summed E-state index contributed by atoms with van der Waals surface area (Å²) in [5.74, 6) is -0.292. The fourth-order valence-electron chi connectivity index (χ4n) is 2.32. The number of hydrogen-bond acceptors (Lipinski definition) is 3. The summed E-state index contributed by atoms with van der Waals surface area (Å²) in [6.45, 7) is 0.947. The lowest BCUT2D eigenvalue weighted by molar-refractivity contribution is 0.0582. The zero-order valence-corrected chi connectivity index (χ0v) is 12.6. The molecule has 2 rings (SSSR count). The molecule has 1 aliphatic rings. The third-order valence-electron chi connectivity index (χ3n) is 3.34. The van der Waals surface area contributed by atoms with E-state index < -0.39 is 0 Å². The van der Waals surface area contributed by atoms with Crippen LogP contribution in [0.15, 0.2) is 12.1 Å². The number of nitrogens with two attached hydrogens (primary N) is 1. The Labute approximate surface area is 128 Å². The molecule has 1 saturated carbocycles. The Kier molecular flexibility index (Phi) is 5.52. The van der Waals surface area contributed by atoms with E-state index in [1.807, 2.05) is 0 Å². The van der Waals surface area contributed by atoms with E-state index in [9.17, 15) is 4.79 Å². The summed E-state index contributed by atoms with van der Waals surface area (Å²) in [6.07, 6.45) is 5.04. The lowest BCUT2D eigenvalue weighted by Gasteiger charge is -2.12. The highest BCUT2D eigenvalue weighted by molar-refractivity contribution is 6.44. The second kappa shape index (κ2) is 7.16. The molecule has 0 heterocycles. The van der Waals surface area contributed by atoms with Crippen molar-refractivity contribution in [2.24, 2.45) is 0 Å². The van der Waals surface area contributed by atoms with Crippen molar-refractivity contribution >= 4 is 34.8 Å². The first-order valence-electron chi connectivity index (χ1n) is 6.72. The van der Waals surface area contributed by atoms with Gasteiger partial charge in [0.2, 0.25) is 0 Å². The molecule has 20 heavy (non-hydrogen) atoms. The summed E-state index contributed by atoms with van der Waals surface area (Å²) >= 11 is 11.9. The summed E-state index contributed by atoms with van der Waals surface area (Å²) in [4.78, 5) is 12.0. The Hall–Kier alpha value is -0.970. The molecule has 1 aromatic carbocycles. The highest BCUT2D eigenvalue weighted by atomic mass is 35.5. The molecule has 0 bridgehead atoms. The quantitative estimate of drug-likeness (QED) is 0.647. The van der Waals surface area contributed by atoms with Crippen LogP contribution in [0.2, 0.25) is 10.0 Å². The third kappa shape index (κ3) is 4.01. The first-order chi connectivity index (χ1) is 9.58. The van der Waals surface area contributed by atoms with Gasteiger partial charge in [-0.25, -0.2) is 0 Å². The van der Waals surface area contributed by atoms with Crippen molar-refractivity contribution in [3.63, 3.8) is 0 Å². The molecular formula is C14H18Cl2N2O2. The fourth-order valence-corrected chi connectivity index (χ4v) is 2.74. The summed E-state index contributed by atoms with van der Waals surface area (Å²) in [5, 5.41) is 3.25. The molecule has 110 valence electrons. The lowest BCUT2D eigenvalue weighted by Crippen LogP contribution is -2.28. The van der Waals surface area contributed by atoms with E-state index >= 15 is 0 Å². The highest BCUT2D eigenvalue weighted by Gasteiger charge is 2.16. The van der Waals surface area contributed by atoms with E-state index in [2.05, 4.69) is 5.32 Å². The third-order valence-corrected chi connectivity index (χ3v) is 4.14. The number of amides is 1. The van der Waals surface area contributed by atoms with Crippen molar-refractivity contribution < 1.29 is 9.53 Å². The number of nitrogens with one attached hydrogen (secondary N) is 1. The number of ether oxygens (including phenoxy) is 1. The monoisotopic (exact) mass is 316 g/mol. The van der Waals surface area contributed by atoms with Crippen LogP contribution in [0.25, 0.3) is 0 Å². The van der Waals surface area contributed by atoms with Gasteiger partial charge in [-0.2, -0.15) is 0 Å². The predicted octanol–water partition coefficient (Wildman–Crippen LogP) is 3.26. The second-order valence-corrected chi connectivity index (χ2v) is 5.68. The number of anilines is 1. The van der Waals surface area contributed by atoms with E-state index in [0.717, 1.165) is 12.8 Å². The highest BCUT2D eigenvalue weighted by Crippen LogP contribution is 2.28. The van der Waals surface area contributed by atoms with Gasteiger partial charge in [0, 0.05) is 12.2 Å². The Morgan fingerprint density at radius 3 is 2.75 bits per heavy atom. The molecule has 6 heteroatoms. The number of benzene rings is 1. The molecule has 0 aliphatic heterocycles. The van der Waals surface area contributed by atoms with E-state index in [0.29, 0.717) is 24.9 Å². The molecule has 1 fully saturated rings. The molecular weight excluding hydrogens is 299 g/mol. The van der Waals surface area contributed by atoms with Crippen LogP contribution in [0, 0.1) is 0 Å². The molecule has 0 atom stereocenters. The second-order valence-electron chi connectivity index (χ2n) is 4.90. The van der Waals surface area contributed by atoms with Crippen LogP contribution in [0.1, 0.15) is 36.0 Å². The Morgan fingerprint density at radius 2 is 2.05 bits per heavy atom. The van der Waals surface area contributed by atoms with Crippen LogP contribution in [-0.2, 0) is 4.74 Å². The normalized spacial score (nSPS) is 15.5. The molecule has 1 amide bonds. The largest absolute Gasteiger partial charge is 0.399 e. The van der Waals surface area contributed by atoms with Gasteiger partial charge in [-0.1, -0.05) is 36.0 Å². The number of carbonyl (C=O) groups excluding carboxylic acids is 1. The minimum absolute atomic E-state index is 0.218. The Balaban J connectivity index is 1.82. The van der Waals surface area contributed by atoms with E-state index in [1.54, 1.807) is 0 Å². The molecule has 0 radical (unpaired) electrons. The predicted molar refractivity (Wildman–Crippen MR) is 81.4 cm³/mol. The molecule has 0 aromatic heterocycles. The van der Waals surface area contributed by atoms with Crippen molar-refractivity contribution in [3.05, 3.63) is 27.7 Å². The Bertz CT molecular complexity index is 488. The zero-order valence-electron chi connectivity index (χ0n) is 11.1. The van der Waals surface area contributed by atoms with Crippen molar-refractivity contribution in [1.82, 2.24) is 5.32 Å². The summed E-state index contributed by atoms with van der Waals surface area (Å²) < 4.78 is 5.67.